The molecule has 1 atom stereocenters. The van der Waals surface area contributed by atoms with Crippen LogP contribution in [0.3, 0.4) is 0 Å². The van der Waals surface area contributed by atoms with E-state index in [9.17, 15) is 9.59 Å². The molecule has 4 aromatic rings. The molecule has 0 radical (unpaired) electrons. The summed E-state index contributed by atoms with van der Waals surface area (Å²) in [5, 5.41) is 2.38. The molecule has 4 rings (SSSR count). The zero-order valence-corrected chi connectivity index (χ0v) is 18.6. The third kappa shape index (κ3) is 3.72. The van der Waals surface area contributed by atoms with Gasteiger partial charge in [0.2, 0.25) is 0 Å². The lowest BCUT2D eigenvalue weighted by atomic mass is 10.1. The van der Waals surface area contributed by atoms with Crippen molar-refractivity contribution in [2.45, 2.75) is 19.9 Å². The van der Waals surface area contributed by atoms with E-state index >= 15 is 0 Å². The average Bonchev–Trinajstić information content (AvgIpc) is 3.32. The SMILES string of the molecule is COc1ccc(C)cc1-n1c(C(C)N(C)C(=O)c2cccs2)nc2ccccc2c1=O. The van der Waals surface area contributed by atoms with E-state index in [1.54, 1.807) is 35.8 Å². The van der Waals surface area contributed by atoms with E-state index < -0.39 is 6.04 Å². The molecule has 0 aliphatic carbocycles. The smallest absolute Gasteiger partial charge is 0.266 e. The number of rotatable bonds is 5. The molecule has 6 nitrogen and oxygen atoms in total. The van der Waals surface area contributed by atoms with Gasteiger partial charge in [0.15, 0.2) is 0 Å². The molecule has 2 heterocycles. The molecule has 0 bridgehead atoms. The summed E-state index contributed by atoms with van der Waals surface area (Å²) < 4.78 is 7.12. The van der Waals surface area contributed by atoms with Crippen LogP contribution in [0.4, 0.5) is 0 Å². The van der Waals surface area contributed by atoms with Crippen LogP contribution >= 0.6 is 11.3 Å². The van der Waals surface area contributed by atoms with E-state index in [2.05, 4.69) is 0 Å². The lowest BCUT2D eigenvalue weighted by Crippen LogP contribution is -2.34. The Morgan fingerprint density at radius 3 is 2.65 bits per heavy atom. The summed E-state index contributed by atoms with van der Waals surface area (Å²) in [6, 6.07) is 16.1. The first-order valence-corrected chi connectivity index (χ1v) is 10.8. The van der Waals surface area contributed by atoms with Gasteiger partial charge in [-0.2, -0.15) is 0 Å². The maximum absolute atomic E-state index is 13.6. The van der Waals surface area contributed by atoms with E-state index in [-0.39, 0.29) is 11.5 Å². The molecule has 1 amide bonds. The summed E-state index contributed by atoms with van der Waals surface area (Å²) in [6.07, 6.45) is 0. The number of para-hydroxylation sites is 1. The number of aryl methyl sites for hydroxylation is 1. The van der Waals surface area contributed by atoms with Crippen molar-refractivity contribution in [1.82, 2.24) is 14.5 Å². The number of amides is 1. The van der Waals surface area contributed by atoms with Gasteiger partial charge in [0.1, 0.15) is 11.6 Å². The summed E-state index contributed by atoms with van der Waals surface area (Å²) in [7, 11) is 3.30. The Balaban J connectivity index is 1.96. The van der Waals surface area contributed by atoms with Crippen molar-refractivity contribution in [3.05, 3.63) is 86.6 Å². The van der Waals surface area contributed by atoms with Crippen molar-refractivity contribution in [2.24, 2.45) is 0 Å². The maximum Gasteiger partial charge on any atom is 0.266 e. The molecule has 0 saturated heterocycles. The minimum atomic E-state index is -0.461. The van der Waals surface area contributed by atoms with Crippen LogP contribution in [0.25, 0.3) is 16.6 Å². The number of hydrogen-bond acceptors (Lipinski definition) is 5. The standard InChI is InChI=1S/C24H23N3O3S/c1-15-11-12-20(30-4)19(14-15)27-22(25-18-9-6-5-8-17(18)23(27)28)16(2)26(3)24(29)21-10-7-13-31-21/h5-14,16H,1-4H3. The van der Waals surface area contributed by atoms with Gasteiger partial charge >= 0.3 is 0 Å². The molecule has 0 aliphatic heterocycles. The molecule has 2 aromatic heterocycles. The number of nitrogens with zero attached hydrogens (tertiary/aromatic N) is 3. The Kier molecular flexibility index (Phi) is 5.61. The fourth-order valence-electron chi connectivity index (χ4n) is 3.56. The molecule has 31 heavy (non-hydrogen) atoms. The molecular weight excluding hydrogens is 410 g/mol. The van der Waals surface area contributed by atoms with Crippen molar-refractivity contribution in [3.8, 4) is 11.4 Å². The van der Waals surface area contributed by atoms with E-state index in [0.29, 0.717) is 33.0 Å². The predicted molar refractivity (Wildman–Crippen MR) is 123 cm³/mol. The summed E-state index contributed by atoms with van der Waals surface area (Å²) in [6.45, 7) is 3.83. The molecule has 0 fully saturated rings. The molecular formula is C24H23N3O3S. The topological polar surface area (TPSA) is 64.4 Å². The Labute approximate surface area is 184 Å². The van der Waals surface area contributed by atoms with Gasteiger partial charge in [0, 0.05) is 7.05 Å². The highest BCUT2D eigenvalue weighted by molar-refractivity contribution is 7.12. The van der Waals surface area contributed by atoms with Crippen LogP contribution in [-0.2, 0) is 0 Å². The normalized spacial score (nSPS) is 12.0. The monoisotopic (exact) mass is 433 g/mol. The second kappa shape index (κ2) is 8.35. The summed E-state index contributed by atoms with van der Waals surface area (Å²) in [5.41, 5.74) is 1.98. The van der Waals surface area contributed by atoms with Crippen molar-refractivity contribution in [2.75, 3.05) is 14.2 Å². The second-order valence-electron chi connectivity index (χ2n) is 7.37. The molecule has 1 unspecified atom stereocenters. The Hall–Kier alpha value is -3.45. The van der Waals surface area contributed by atoms with Gasteiger partial charge in [-0.05, 0) is 55.1 Å². The predicted octanol–water partition coefficient (Wildman–Crippen LogP) is 4.60. The van der Waals surface area contributed by atoms with E-state index in [1.807, 2.05) is 61.7 Å². The highest BCUT2D eigenvalue weighted by Crippen LogP contribution is 2.29. The lowest BCUT2D eigenvalue weighted by Gasteiger charge is -2.27. The number of hydrogen-bond donors (Lipinski definition) is 0. The quantitative estimate of drug-likeness (QED) is 0.462. The Morgan fingerprint density at radius 2 is 1.94 bits per heavy atom. The van der Waals surface area contributed by atoms with Crippen molar-refractivity contribution in [1.29, 1.82) is 0 Å². The number of carbonyl (C=O) groups excluding carboxylic acids is 1. The van der Waals surface area contributed by atoms with Crippen LogP contribution in [0.1, 0.15) is 34.0 Å². The van der Waals surface area contributed by atoms with Gasteiger partial charge in [0.25, 0.3) is 11.5 Å². The zero-order valence-electron chi connectivity index (χ0n) is 17.8. The maximum atomic E-state index is 13.6. The molecule has 0 N–H and O–H groups in total. The number of thiophene rings is 1. The third-order valence-electron chi connectivity index (χ3n) is 5.38. The minimum absolute atomic E-state index is 0.118. The molecule has 0 saturated carbocycles. The van der Waals surface area contributed by atoms with E-state index in [1.165, 1.54) is 11.3 Å². The van der Waals surface area contributed by atoms with Crippen LogP contribution in [-0.4, -0.2) is 34.5 Å². The van der Waals surface area contributed by atoms with Gasteiger partial charge in [-0.3, -0.25) is 14.2 Å². The largest absolute Gasteiger partial charge is 0.495 e. The first kappa shape index (κ1) is 20.8. The molecule has 0 aliphatic rings. The van der Waals surface area contributed by atoms with Crippen molar-refractivity contribution < 1.29 is 9.53 Å². The second-order valence-corrected chi connectivity index (χ2v) is 8.32. The van der Waals surface area contributed by atoms with E-state index in [0.717, 1.165) is 5.56 Å². The van der Waals surface area contributed by atoms with Crippen LogP contribution < -0.4 is 10.3 Å². The first-order chi connectivity index (χ1) is 14.9. The Morgan fingerprint density at radius 1 is 1.16 bits per heavy atom. The highest BCUT2D eigenvalue weighted by Gasteiger charge is 2.26. The first-order valence-electron chi connectivity index (χ1n) is 9.89. The molecule has 2 aromatic carbocycles. The lowest BCUT2D eigenvalue weighted by molar-refractivity contribution is 0.0740. The number of aromatic nitrogens is 2. The summed E-state index contributed by atoms with van der Waals surface area (Å²) in [5.74, 6) is 0.915. The molecule has 7 heteroatoms. The number of fused-ring (bicyclic) bond motifs is 1. The summed E-state index contributed by atoms with van der Waals surface area (Å²) >= 11 is 1.39. The van der Waals surface area contributed by atoms with Crippen LogP contribution in [0.5, 0.6) is 5.75 Å². The van der Waals surface area contributed by atoms with Crippen LogP contribution in [0, 0.1) is 6.92 Å². The van der Waals surface area contributed by atoms with Crippen molar-refractivity contribution in [3.63, 3.8) is 0 Å². The fourth-order valence-corrected chi connectivity index (χ4v) is 4.27. The highest BCUT2D eigenvalue weighted by atomic mass is 32.1. The zero-order chi connectivity index (χ0) is 22.1. The van der Waals surface area contributed by atoms with Gasteiger partial charge in [0.05, 0.1) is 34.6 Å². The number of methoxy groups -OCH3 is 1. The van der Waals surface area contributed by atoms with Crippen LogP contribution in [0.2, 0.25) is 0 Å². The third-order valence-corrected chi connectivity index (χ3v) is 6.24. The number of benzene rings is 2. The van der Waals surface area contributed by atoms with Gasteiger partial charge in [-0.25, -0.2) is 4.98 Å². The summed E-state index contributed by atoms with van der Waals surface area (Å²) in [4.78, 5) is 33.7. The number of ether oxygens (including phenoxy) is 1. The van der Waals surface area contributed by atoms with Crippen molar-refractivity contribution >= 4 is 28.1 Å². The average molecular weight is 434 g/mol. The minimum Gasteiger partial charge on any atom is -0.495 e. The fraction of sp³-hybridized carbons (Fsp3) is 0.208. The van der Waals surface area contributed by atoms with Gasteiger partial charge in [-0.15, -0.1) is 11.3 Å². The van der Waals surface area contributed by atoms with Crippen LogP contribution in [0.15, 0.2) is 64.8 Å². The molecule has 158 valence electrons. The van der Waals surface area contributed by atoms with Gasteiger partial charge < -0.3 is 9.64 Å². The van der Waals surface area contributed by atoms with E-state index in [4.69, 9.17) is 9.72 Å². The van der Waals surface area contributed by atoms with Gasteiger partial charge in [-0.1, -0.05) is 24.3 Å². The number of carbonyl (C=O) groups is 1. The Bertz CT molecular complexity index is 1310. The molecule has 0 spiro atoms.